The van der Waals surface area contributed by atoms with Gasteiger partial charge in [0.25, 0.3) is 0 Å². The first-order valence-corrected chi connectivity index (χ1v) is 9.32. The summed E-state index contributed by atoms with van der Waals surface area (Å²) in [6.45, 7) is 1.71. The normalized spacial score (nSPS) is 17.3. The van der Waals surface area contributed by atoms with Gasteiger partial charge in [-0.2, -0.15) is 0 Å². The number of benzene rings is 1. The fraction of sp³-hybridized carbons (Fsp3) is 0.318. The molecular formula is C22H22N4O. The molecule has 0 N–H and O–H groups in total. The quantitative estimate of drug-likeness (QED) is 0.673. The van der Waals surface area contributed by atoms with Gasteiger partial charge in [0.05, 0.1) is 0 Å². The monoisotopic (exact) mass is 358 g/mol. The number of aromatic nitrogens is 3. The second kappa shape index (κ2) is 8.15. The zero-order valence-electron chi connectivity index (χ0n) is 15.4. The third-order valence-corrected chi connectivity index (χ3v) is 4.84. The van der Waals surface area contributed by atoms with E-state index in [0.29, 0.717) is 29.9 Å². The summed E-state index contributed by atoms with van der Waals surface area (Å²) in [5.41, 5.74) is 2.76. The molecule has 1 atom stereocenters. The first-order chi connectivity index (χ1) is 13.3. The molecule has 1 aromatic carbocycles. The molecule has 5 heteroatoms. The van der Waals surface area contributed by atoms with Crippen LogP contribution in [0.25, 0.3) is 11.2 Å². The summed E-state index contributed by atoms with van der Waals surface area (Å²) in [6.07, 6.45) is 5.35. The Balaban J connectivity index is 1.64. The lowest BCUT2D eigenvalue weighted by Crippen LogP contribution is -2.40. The fourth-order valence-corrected chi connectivity index (χ4v) is 3.24. The first-order valence-electron chi connectivity index (χ1n) is 9.32. The number of ether oxygens (including phenoxy) is 1. The van der Waals surface area contributed by atoms with Crippen LogP contribution in [-0.2, 0) is 0 Å². The summed E-state index contributed by atoms with van der Waals surface area (Å²) in [6, 6.07) is 14.0. The maximum atomic E-state index is 6.10. The molecule has 0 radical (unpaired) electrons. The summed E-state index contributed by atoms with van der Waals surface area (Å²) in [5, 5.41) is 0. The van der Waals surface area contributed by atoms with Gasteiger partial charge in [-0.3, -0.25) is 0 Å². The minimum Gasteiger partial charge on any atom is -0.474 e. The standard InChI is InChI=1S/C22H22N4O/c1-26-15-6-5-10-18(26)16-27-22-20(13-12-17-8-3-2-4-9-17)24-21-19(25-22)11-7-14-23-21/h2-4,7-9,11,14,18H,5-6,10,15-16H2,1H3. The third kappa shape index (κ3) is 4.24. The molecule has 3 heterocycles. The zero-order chi connectivity index (χ0) is 18.5. The van der Waals surface area contributed by atoms with E-state index in [1.165, 1.54) is 12.8 Å². The van der Waals surface area contributed by atoms with E-state index in [2.05, 4.69) is 38.7 Å². The van der Waals surface area contributed by atoms with Crippen molar-refractivity contribution in [2.75, 3.05) is 20.2 Å². The molecular weight excluding hydrogens is 336 g/mol. The number of nitrogens with zero attached hydrogens (tertiary/aromatic N) is 4. The van der Waals surface area contributed by atoms with E-state index >= 15 is 0 Å². The Hall–Kier alpha value is -2.97. The van der Waals surface area contributed by atoms with Gasteiger partial charge in [-0.15, -0.1) is 0 Å². The molecule has 1 saturated heterocycles. The Labute approximate surface area is 159 Å². The molecule has 1 aliphatic heterocycles. The Bertz CT molecular complexity index is 978. The van der Waals surface area contributed by atoms with Crippen LogP contribution < -0.4 is 4.74 Å². The summed E-state index contributed by atoms with van der Waals surface area (Å²) < 4.78 is 6.10. The molecule has 5 nitrogen and oxygen atoms in total. The molecule has 2 aromatic heterocycles. The Morgan fingerprint density at radius 2 is 1.96 bits per heavy atom. The number of likely N-dealkylation sites (tertiary alicyclic amines) is 1. The van der Waals surface area contributed by atoms with Gasteiger partial charge in [-0.25, -0.2) is 15.0 Å². The van der Waals surface area contributed by atoms with Gasteiger partial charge >= 0.3 is 0 Å². The van der Waals surface area contributed by atoms with E-state index in [1.54, 1.807) is 6.20 Å². The molecule has 1 fully saturated rings. The van der Waals surface area contributed by atoms with E-state index in [0.717, 1.165) is 24.0 Å². The SMILES string of the molecule is CN1CCCCC1COc1nc2cccnc2nc1C#Cc1ccccc1. The molecule has 0 spiro atoms. The molecule has 1 aliphatic rings. The van der Waals surface area contributed by atoms with Gasteiger partial charge in [0, 0.05) is 17.8 Å². The lowest BCUT2D eigenvalue weighted by atomic mass is 10.0. The van der Waals surface area contributed by atoms with Gasteiger partial charge in [-0.1, -0.05) is 30.5 Å². The summed E-state index contributed by atoms with van der Waals surface area (Å²) in [7, 11) is 2.15. The zero-order valence-corrected chi connectivity index (χ0v) is 15.4. The van der Waals surface area contributed by atoms with E-state index in [-0.39, 0.29) is 0 Å². The molecule has 27 heavy (non-hydrogen) atoms. The topological polar surface area (TPSA) is 51.1 Å². The van der Waals surface area contributed by atoms with Crippen LogP contribution in [0.2, 0.25) is 0 Å². The fourth-order valence-electron chi connectivity index (χ4n) is 3.24. The van der Waals surface area contributed by atoms with Crippen molar-refractivity contribution in [1.82, 2.24) is 19.9 Å². The second-order valence-electron chi connectivity index (χ2n) is 6.78. The lowest BCUT2D eigenvalue weighted by Gasteiger charge is -2.32. The highest BCUT2D eigenvalue weighted by molar-refractivity contribution is 5.71. The van der Waals surface area contributed by atoms with Gasteiger partial charge in [-0.05, 0) is 56.6 Å². The van der Waals surface area contributed by atoms with Crippen molar-refractivity contribution in [3.8, 4) is 17.7 Å². The number of hydrogen-bond acceptors (Lipinski definition) is 5. The number of fused-ring (bicyclic) bond motifs is 1. The number of piperidine rings is 1. The Morgan fingerprint density at radius 1 is 1.07 bits per heavy atom. The van der Waals surface area contributed by atoms with Crippen molar-refractivity contribution in [3.63, 3.8) is 0 Å². The van der Waals surface area contributed by atoms with E-state index < -0.39 is 0 Å². The van der Waals surface area contributed by atoms with Crippen molar-refractivity contribution in [3.05, 3.63) is 59.9 Å². The highest BCUT2D eigenvalue weighted by Crippen LogP contribution is 2.20. The average molecular weight is 358 g/mol. The van der Waals surface area contributed by atoms with Crippen molar-refractivity contribution < 1.29 is 4.74 Å². The maximum Gasteiger partial charge on any atom is 0.249 e. The molecule has 0 amide bonds. The van der Waals surface area contributed by atoms with Gasteiger partial charge in [0.2, 0.25) is 5.88 Å². The number of hydrogen-bond donors (Lipinski definition) is 0. The smallest absolute Gasteiger partial charge is 0.249 e. The van der Waals surface area contributed by atoms with E-state index in [4.69, 9.17) is 4.74 Å². The minimum absolute atomic E-state index is 0.403. The lowest BCUT2D eigenvalue weighted by molar-refractivity contribution is 0.122. The summed E-state index contributed by atoms with van der Waals surface area (Å²) in [5.74, 6) is 6.74. The van der Waals surface area contributed by atoms with Crippen LogP contribution in [0.5, 0.6) is 5.88 Å². The molecule has 136 valence electrons. The molecule has 4 rings (SSSR count). The van der Waals surface area contributed by atoms with Crippen LogP contribution in [-0.4, -0.2) is 46.1 Å². The Kier molecular flexibility index (Phi) is 5.27. The Morgan fingerprint density at radius 3 is 2.81 bits per heavy atom. The predicted octanol–water partition coefficient (Wildman–Crippen LogP) is 3.29. The predicted molar refractivity (Wildman–Crippen MR) is 106 cm³/mol. The van der Waals surface area contributed by atoms with Crippen LogP contribution in [0.3, 0.4) is 0 Å². The minimum atomic E-state index is 0.403. The van der Waals surface area contributed by atoms with Crippen molar-refractivity contribution in [2.24, 2.45) is 0 Å². The van der Waals surface area contributed by atoms with Gasteiger partial charge < -0.3 is 9.64 Å². The van der Waals surface area contributed by atoms with Gasteiger partial charge in [0.1, 0.15) is 12.1 Å². The first kappa shape index (κ1) is 17.4. The molecule has 3 aromatic rings. The molecule has 1 unspecified atom stereocenters. The van der Waals surface area contributed by atoms with Crippen molar-refractivity contribution in [2.45, 2.75) is 25.3 Å². The number of rotatable bonds is 3. The van der Waals surface area contributed by atoms with E-state index in [9.17, 15) is 0 Å². The highest BCUT2D eigenvalue weighted by atomic mass is 16.5. The average Bonchev–Trinajstić information content (AvgIpc) is 2.72. The van der Waals surface area contributed by atoms with Crippen LogP contribution in [0.4, 0.5) is 0 Å². The van der Waals surface area contributed by atoms with Crippen LogP contribution in [0, 0.1) is 11.8 Å². The van der Waals surface area contributed by atoms with Crippen molar-refractivity contribution >= 4 is 11.2 Å². The van der Waals surface area contributed by atoms with Crippen LogP contribution >= 0.6 is 0 Å². The third-order valence-electron chi connectivity index (χ3n) is 4.84. The van der Waals surface area contributed by atoms with Crippen LogP contribution in [0.15, 0.2) is 48.7 Å². The van der Waals surface area contributed by atoms with E-state index in [1.807, 2.05) is 42.5 Å². The largest absolute Gasteiger partial charge is 0.474 e. The maximum absolute atomic E-state index is 6.10. The second-order valence-corrected chi connectivity index (χ2v) is 6.78. The summed E-state index contributed by atoms with van der Waals surface area (Å²) >= 11 is 0. The van der Waals surface area contributed by atoms with Gasteiger partial charge in [0.15, 0.2) is 11.3 Å². The highest BCUT2D eigenvalue weighted by Gasteiger charge is 2.20. The number of likely N-dealkylation sites (N-methyl/N-ethyl adjacent to an activating group) is 1. The molecule has 0 saturated carbocycles. The van der Waals surface area contributed by atoms with Crippen LogP contribution in [0.1, 0.15) is 30.5 Å². The van der Waals surface area contributed by atoms with Crippen molar-refractivity contribution in [1.29, 1.82) is 0 Å². The number of pyridine rings is 1. The molecule has 0 bridgehead atoms. The molecule has 0 aliphatic carbocycles. The summed E-state index contributed by atoms with van der Waals surface area (Å²) in [4.78, 5) is 15.9.